The molecular formula is C12H23N5O2. The van der Waals surface area contributed by atoms with Crippen LogP contribution in [0.4, 0.5) is 0 Å². The average molecular weight is 269 g/mol. The molecule has 2 N–H and O–H groups in total. The van der Waals surface area contributed by atoms with E-state index in [1.165, 1.54) is 0 Å². The maximum atomic E-state index is 5.26. The van der Waals surface area contributed by atoms with Crippen LogP contribution in [0.2, 0.25) is 0 Å². The topological polar surface area (TPSA) is 84.6 Å². The van der Waals surface area contributed by atoms with Gasteiger partial charge in [0.2, 0.25) is 5.89 Å². The molecule has 0 aliphatic carbocycles. The summed E-state index contributed by atoms with van der Waals surface area (Å²) in [7, 11) is 1.74. The zero-order chi connectivity index (χ0) is 13.9. The Labute approximate surface area is 113 Å². The van der Waals surface area contributed by atoms with Crippen LogP contribution in [0.15, 0.2) is 9.52 Å². The zero-order valence-corrected chi connectivity index (χ0v) is 11.9. The number of hydrogen-bond acceptors (Lipinski definition) is 5. The molecule has 0 amide bonds. The van der Waals surface area contributed by atoms with Crippen LogP contribution in [0.1, 0.15) is 25.1 Å². The maximum Gasteiger partial charge on any atom is 0.228 e. The van der Waals surface area contributed by atoms with Crippen molar-refractivity contribution in [3.63, 3.8) is 0 Å². The van der Waals surface area contributed by atoms with Crippen molar-refractivity contribution in [1.29, 1.82) is 0 Å². The van der Waals surface area contributed by atoms with Gasteiger partial charge in [0.05, 0.1) is 0 Å². The first-order valence-corrected chi connectivity index (χ1v) is 6.57. The van der Waals surface area contributed by atoms with Gasteiger partial charge < -0.3 is 19.9 Å². The Morgan fingerprint density at radius 2 is 2.16 bits per heavy atom. The second kappa shape index (κ2) is 9.32. The Morgan fingerprint density at radius 1 is 1.37 bits per heavy atom. The standard InChI is InChI=1S/C12H23N5O2/c1-4-18-9-5-7-14-12(13-3)15-8-6-11-16-10(2)17-19-11/h4-9H2,1-3H3,(H2,13,14,15). The summed E-state index contributed by atoms with van der Waals surface area (Å²) < 4.78 is 10.3. The second-order valence-corrected chi connectivity index (χ2v) is 3.96. The van der Waals surface area contributed by atoms with Crippen LogP contribution in [0, 0.1) is 6.92 Å². The first-order valence-electron chi connectivity index (χ1n) is 6.57. The van der Waals surface area contributed by atoms with Gasteiger partial charge in [0.1, 0.15) is 0 Å². The molecule has 0 saturated carbocycles. The third-order valence-corrected chi connectivity index (χ3v) is 2.39. The van der Waals surface area contributed by atoms with E-state index in [1.54, 1.807) is 14.0 Å². The highest BCUT2D eigenvalue weighted by molar-refractivity contribution is 5.79. The van der Waals surface area contributed by atoms with E-state index < -0.39 is 0 Å². The first kappa shape index (κ1) is 15.4. The molecule has 0 unspecified atom stereocenters. The molecule has 0 fully saturated rings. The molecule has 19 heavy (non-hydrogen) atoms. The molecule has 0 bridgehead atoms. The van der Waals surface area contributed by atoms with E-state index >= 15 is 0 Å². The van der Waals surface area contributed by atoms with Crippen molar-refractivity contribution >= 4 is 5.96 Å². The van der Waals surface area contributed by atoms with Crippen molar-refractivity contribution in [2.45, 2.75) is 26.7 Å². The largest absolute Gasteiger partial charge is 0.382 e. The summed E-state index contributed by atoms with van der Waals surface area (Å²) >= 11 is 0. The Balaban J connectivity index is 2.11. The predicted molar refractivity (Wildman–Crippen MR) is 73.2 cm³/mol. The van der Waals surface area contributed by atoms with Crippen LogP contribution in [0.3, 0.4) is 0 Å². The summed E-state index contributed by atoms with van der Waals surface area (Å²) in [5, 5.41) is 10.1. The zero-order valence-electron chi connectivity index (χ0n) is 11.9. The number of ether oxygens (including phenoxy) is 1. The molecule has 7 heteroatoms. The molecule has 1 rings (SSSR count). The Bertz CT molecular complexity index is 378. The van der Waals surface area contributed by atoms with Gasteiger partial charge >= 0.3 is 0 Å². The Morgan fingerprint density at radius 3 is 2.79 bits per heavy atom. The number of hydrogen-bond donors (Lipinski definition) is 2. The van der Waals surface area contributed by atoms with E-state index in [0.717, 1.165) is 32.1 Å². The highest BCUT2D eigenvalue weighted by Crippen LogP contribution is 1.95. The fourth-order valence-electron chi connectivity index (χ4n) is 1.48. The van der Waals surface area contributed by atoms with Gasteiger partial charge in [0.25, 0.3) is 0 Å². The summed E-state index contributed by atoms with van der Waals surface area (Å²) in [5.74, 6) is 2.07. The molecule has 0 aromatic carbocycles. The highest BCUT2D eigenvalue weighted by atomic mass is 16.5. The van der Waals surface area contributed by atoms with Gasteiger partial charge in [-0.1, -0.05) is 5.16 Å². The molecule has 0 aliphatic rings. The van der Waals surface area contributed by atoms with Gasteiger partial charge in [-0.15, -0.1) is 0 Å². The predicted octanol–water partition coefficient (Wildman–Crippen LogP) is 0.512. The number of guanidine groups is 1. The number of aromatic nitrogens is 2. The van der Waals surface area contributed by atoms with Crippen LogP contribution in [0.5, 0.6) is 0 Å². The van der Waals surface area contributed by atoms with Gasteiger partial charge in [-0.2, -0.15) is 4.98 Å². The molecule has 7 nitrogen and oxygen atoms in total. The summed E-state index contributed by atoms with van der Waals surface area (Å²) in [6.45, 7) is 6.86. The van der Waals surface area contributed by atoms with E-state index in [4.69, 9.17) is 9.26 Å². The molecule has 0 aliphatic heterocycles. The van der Waals surface area contributed by atoms with Gasteiger partial charge in [0.15, 0.2) is 11.8 Å². The highest BCUT2D eigenvalue weighted by Gasteiger charge is 2.03. The van der Waals surface area contributed by atoms with Crippen LogP contribution in [0.25, 0.3) is 0 Å². The van der Waals surface area contributed by atoms with Crippen LogP contribution in [-0.4, -0.2) is 49.5 Å². The SMILES string of the molecule is CCOCCCNC(=NC)NCCc1nc(C)no1. The van der Waals surface area contributed by atoms with Crippen molar-refractivity contribution < 1.29 is 9.26 Å². The average Bonchev–Trinajstić information content (AvgIpc) is 2.82. The summed E-state index contributed by atoms with van der Waals surface area (Å²) in [4.78, 5) is 8.26. The van der Waals surface area contributed by atoms with E-state index in [-0.39, 0.29) is 0 Å². The minimum absolute atomic E-state index is 0.636. The van der Waals surface area contributed by atoms with Crippen molar-refractivity contribution in [1.82, 2.24) is 20.8 Å². The minimum Gasteiger partial charge on any atom is -0.382 e. The molecular weight excluding hydrogens is 246 g/mol. The first-order chi connectivity index (χ1) is 9.26. The maximum absolute atomic E-state index is 5.26. The molecule has 1 aromatic heterocycles. The Kier molecular flexibility index (Phi) is 7.57. The lowest BCUT2D eigenvalue weighted by Crippen LogP contribution is -2.39. The van der Waals surface area contributed by atoms with Crippen LogP contribution in [-0.2, 0) is 11.2 Å². The van der Waals surface area contributed by atoms with Gasteiger partial charge in [-0.25, -0.2) is 0 Å². The quantitative estimate of drug-likeness (QED) is 0.406. The Hall–Kier alpha value is -1.63. The molecule has 0 saturated heterocycles. The van der Waals surface area contributed by atoms with Gasteiger partial charge in [0, 0.05) is 39.8 Å². The third-order valence-electron chi connectivity index (χ3n) is 2.39. The lowest BCUT2D eigenvalue weighted by Gasteiger charge is -2.10. The number of aryl methyl sites for hydroxylation is 1. The minimum atomic E-state index is 0.636. The van der Waals surface area contributed by atoms with Crippen molar-refractivity contribution in [3.05, 3.63) is 11.7 Å². The normalized spacial score (nSPS) is 11.6. The number of nitrogens with zero attached hydrogens (tertiary/aromatic N) is 3. The van der Waals surface area contributed by atoms with E-state index in [1.807, 2.05) is 6.92 Å². The fraction of sp³-hybridized carbons (Fsp3) is 0.750. The summed E-state index contributed by atoms with van der Waals surface area (Å²) in [6, 6.07) is 0. The smallest absolute Gasteiger partial charge is 0.228 e. The molecule has 0 radical (unpaired) electrons. The van der Waals surface area contributed by atoms with Crippen LogP contribution < -0.4 is 10.6 Å². The fourth-order valence-corrected chi connectivity index (χ4v) is 1.48. The molecule has 1 heterocycles. The van der Waals surface area contributed by atoms with Gasteiger partial charge in [-0.3, -0.25) is 4.99 Å². The van der Waals surface area contributed by atoms with Crippen molar-refractivity contribution in [2.24, 2.45) is 4.99 Å². The molecule has 1 aromatic rings. The lowest BCUT2D eigenvalue weighted by molar-refractivity contribution is 0.145. The van der Waals surface area contributed by atoms with E-state index in [0.29, 0.717) is 24.7 Å². The second-order valence-electron chi connectivity index (χ2n) is 3.96. The summed E-state index contributed by atoms with van der Waals surface area (Å²) in [6.07, 6.45) is 1.64. The molecule has 0 atom stereocenters. The van der Waals surface area contributed by atoms with Gasteiger partial charge in [-0.05, 0) is 20.3 Å². The van der Waals surface area contributed by atoms with E-state index in [2.05, 4.69) is 25.8 Å². The van der Waals surface area contributed by atoms with Crippen LogP contribution >= 0.6 is 0 Å². The third kappa shape index (κ3) is 6.76. The summed E-state index contributed by atoms with van der Waals surface area (Å²) in [5.41, 5.74) is 0. The number of rotatable bonds is 8. The monoisotopic (exact) mass is 269 g/mol. The van der Waals surface area contributed by atoms with E-state index in [9.17, 15) is 0 Å². The lowest BCUT2D eigenvalue weighted by atomic mass is 10.4. The molecule has 0 spiro atoms. The molecule has 108 valence electrons. The van der Waals surface area contributed by atoms with Crippen molar-refractivity contribution in [2.75, 3.05) is 33.4 Å². The number of nitrogens with one attached hydrogen (secondary N) is 2. The number of aliphatic imine (C=N–C) groups is 1. The van der Waals surface area contributed by atoms with Crippen molar-refractivity contribution in [3.8, 4) is 0 Å².